The summed E-state index contributed by atoms with van der Waals surface area (Å²) in [6.07, 6.45) is 0.933. The molecule has 0 spiro atoms. The Labute approximate surface area is 162 Å². The van der Waals surface area contributed by atoms with Gasteiger partial charge in [0.25, 0.3) is 11.8 Å². The van der Waals surface area contributed by atoms with Crippen LogP contribution in [0.25, 0.3) is 0 Å². The van der Waals surface area contributed by atoms with Crippen molar-refractivity contribution in [3.05, 3.63) is 76.4 Å². The van der Waals surface area contributed by atoms with Crippen LogP contribution in [0, 0.1) is 0 Å². The molecule has 0 fully saturated rings. The molecule has 0 atom stereocenters. The molecule has 0 bridgehead atoms. The molecule has 6 nitrogen and oxygen atoms in total. The van der Waals surface area contributed by atoms with Crippen molar-refractivity contribution < 1.29 is 9.59 Å². The van der Waals surface area contributed by atoms with E-state index in [1.165, 1.54) is 16.3 Å². The number of benzene rings is 2. The smallest absolute Gasteiger partial charge is 0.276 e. The van der Waals surface area contributed by atoms with Gasteiger partial charge in [-0.3, -0.25) is 14.3 Å². The molecule has 1 aromatic heterocycles. The summed E-state index contributed by atoms with van der Waals surface area (Å²) in [4.78, 5) is 24.8. The van der Waals surface area contributed by atoms with Crippen molar-refractivity contribution in [2.45, 2.75) is 13.3 Å². The summed E-state index contributed by atoms with van der Waals surface area (Å²) in [6, 6.07) is 15.9. The molecule has 0 radical (unpaired) electrons. The van der Waals surface area contributed by atoms with Gasteiger partial charge >= 0.3 is 0 Å². The highest BCUT2D eigenvalue weighted by atomic mass is 35.5. The maximum absolute atomic E-state index is 12.4. The van der Waals surface area contributed by atoms with Crippen LogP contribution in [0.5, 0.6) is 0 Å². The lowest BCUT2D eigenvalue weighted by Gasteiger charge is -2.06. The molecule has 0 saturated carbocycles. The maximum Gasteiger partial charge on any atom is 0.276 e. The monoisotopic (exact) mass is 382 g/mol. The van der Waals surface area contributed by atoms with Crippen LogP contribution in [-0.4, -0.2) is 21.6 Å². The standard InChI is InChI=1S/C20H19ClN4O2/c1-3-13-8-10-14(11-9-13)22-20(27)17-12-18(25(2)24-17)23-19(26)15-6-4-5-7-16(15)21/h4-12H,3H2,1-2H3,(H,22,27)(H,23,26). The summed E-state index contributed by atoms with van der Waals surface area (Å²) in [5.74, 6) is -0.329. The van der Waals surface area contributed by atoms with Gasteiger partial charge in [-0.15, -0.1) is 0 Å². The number of nitrogens with zero attached hydrogens (tertiary/aromatic N) is 2. The zero-order valence-corrected chi connectivity index (χ0v) is 15.7. The first kappa shape index (κ1) is 18.7. The number of nitrogens with one attached hydrogen (secondary N) is 2. The Balaban J connectivity index is 1.72. The predicted octanol–water partition coefficient (Wildman–Crippen LogP) is 4.14. The molecule has 0 aliphatic heterocycles. The van der Waals surface area contributed by atoms with E-state index in [0.29, 0.717) is 22.1 Å². The molecule has 2 aromatic carbocycles. The number of halogens is 1. The number of hydrogen-bond donors (Lipinski definition) is 2. The number of aryl methyl sites for hydroxylation is 2. The topological polar surface area (TPSA) is 76.0 Å². The van der Waals surface area contributed by atoms with Gasteiger partial charge in [0.05, 0.1) is 10.6 Å². The predicted molar refractivity (Wildman–Crippen MR) is 106 cm³/mol. The van der Waals surface area contributed by atoms with Crippen molar-refractivity contribution in [2.75, 3.05) is 10.6 Å². The SMILES string of the molecule is CCc1ccc(NC(=O)c2cc(NC(=O)c3ccccc3Cl)n(C)n2)cc1. The molecule has 0 unspecified atom stereocenters. The third kappa shape index (κ3) is 4.35. The van der Waals surface area contributed by atoms with Gasteiger partial charge < -0.3 is 10.6 Å². The number of aromatic nitrogens is 2. The van der Waals surface area contributed by atoms with Crippen LogP contribution in [-0.2, 0) is 13.5 Å². The van der Waals surface area contributed by atoms with Gasteiger partial charge in [-0.25, -0.2) is 0 Å². The number of hydrogen-bond acceptors (Lipinski definition) is 3. The third-order valence-electron chi connectivity index (χ3n) is 4.09. The number of amides is 2. The Kier molecular flexibility index (Phi) is 5.57. The van der Waals surface area contributed by atoms with Gasteiger partial charge in [0.1, 0.15) is 5.82 Å². The van der Waals surface area contributed by atoms with Crippen molar-refractivity contribution >= 4 is 34.9 Å². The van der Waals surface area contributed by atoms with E-state index in [9.17, 15) is 9.59 Å². The van der Waals surface area contributed by atoms with E-state index in [1.54, 1.807) is 31.3 Å². The van der Waals surface area contributed by atoms with E-state index >= 15 is 0 Å². The van der Waals surface area contributed by atoms with Gasteiger partial charge in [0, 0.05) is 18.8 Å². The summed E-state index contributed by atoms with van der Waals surface area (Å²) >= 11 is 6.05. The summed E-state index contributed by atoms with van der Waals surface area (Å²) in [5.41, 5.74) is 2.42. The number of carbonyl (C=O) groups is 2. The third-order valence-corrected chi connectivity index (χ3v) is 4.42. The van der Waals surface area contributed by atoms with E-state index in [4.69, 9.17) is 11.6 Å². The zero-order valence-electron chi connectivity index (χ0n) is 15.0. The Morgan fingerprint density at radius 3 is 2.41 bits per heavy atom. The van der Waals surface area contributed by atoms with E-state index in [0.717, 1.165) is 6.42 Å². The number of rotatable bonds is 5. The molecule has 2 N–H and O–H groups in total. The number of anilines is 2. The summed E-state index contributed by atoms with van der Waals surface area (Å²) in [7, 11) is 1.65. The first-order valence-electron chi connectivity index (χ1n) is 8.48. The first-order valence-corrected chi connectivity index (χ1v) is 8.86. The van der Waals surface area contributed by atoms with Crippen LogP contribution < -0.4 is 10.6 Å². The number of carbonyl (C=O) groups excluding carboxylic acids is 2. The molecule has 27 heavy (non-hydrogen) atoms. The van der Waals surface area contributed by atoms with E-state index in [1.807, 2.05) is 24.3 Å². The molecule has 0 aliphatic rings. The lowest BCUT2D eigenvalue weighted by atomic mass is 10.1. The van der Waals surface area contributed by atoms with E-state index in [2.05, 4.69) is 22.7 Å². The highest BCUT2D eigenvalue weighted by Gasteiger charge is 2.16. The second kappa shape index (κ2) is 8.05. The van der Waals surface area contributed by atoms with Gasteiger partial charge in [-0.1, -0.05) is 42.8 Å². The molecule has 0 saturated heterocycles. The lowest BCUT2D eigenvalue weighted by molar-refractivity contribution is 0.101. The van der Waals surface area contributed by atoms with Crippen molar-refractivity contribution in [3.63, 3.8) is 0 Å². The fourth-order valence-corrected chi connectivity index (χ4v) is 2.76. The summed E-state index contributed by atoms with van der Waals surface area (Å²) in [6.45, 7) is 2.07. The summed E-state index contributed by atoms with van der Waals surface area (Å²) in [5, 5.41) is 10.0. The van der Waals surface area contributed by atoms with Gasteiger partial charge in [0.15, 0.2) is 5.69 Å². The minimum Gasteiger partial charge on any atom is -0.321 e. The van der Waals surface area contributed by atoms with Crippen molar-refractivity contribution in [1.29, 1.82) is 0 Å². The van der Waals surface area contributed by atoms with Gasteiger partial charge in [-0.05, 0) is 36.2 Å². The van der Waals surface area contributed by atoms with Crippen LogP contribution in [0.3, 0.4) is 0 Å². The molecule has 2 amide bonds. The Morgan fingerprint density at radius 2 is 1.74 bits per heavy atom. The lowest BCUT2D eigenvalue weighted by Crippen LogP contribution is -2.14. The Morgan fingerprint density at radius 1 is 1.04 bits per heavy atom. The minimum absolute atomic E-state index is 0.200. The molecule has 7 heteroatoms. The van der Waals surface area contributed by atoms with E-state index in [-0.39, 0.29) is 17.5 Å². The Hall–Kier alpha value is -3.12. The Bertz CT molecular complexity index is 980. The van der Waals surface area contributed by atoms with E-state index < -0.39 is 0 Å². The quantitative estimate of drug-likeness (QED) is 0.696. The van der Waals surface area contributed by atoms with Crippen LogP contribution in [0.4, 0.5) is 11.5 Å². The maximum atomic E-state index is 12.4. The van der Waals surface area contributed by atoms with Crippen molar-refractivity contribution in [3.8, 4) is 0 Å². The fourth-order valence-electron chi connectivity index (χ4n) is 2.54. The second-order valence-corrected chi connectivity index (χ2v) is 6.38. The molecule has 3 aromatic rings. The highest BCUT2D eigenvalue weighted by Crippen LogP contribution is 2.18. The molecular weight excluding hydrogens is 364 g/mol. The largest absolute Gasteiger partial charge is 0.321 e. The average Bonchev–Trinajstić information content (AvgIpc) is 3.03. The normalized spacial score (nSPS) is 10.5. The van der Waals surface area contributed by atoms with Crippen LogP contribution in [0.2, 0.25) is 5.02 Å². The van der Waals surface area contributed by atoms with Crippen molar-refractivity contribution in [2.24, 2.45) is 7.05 Å². The fraction of sp³-hybridized carbons (Fsp3) is 0.150. The molecule has 1 heterocycles. The van der Waals surface area contributed by atoms with Crippen molar-refractivity contribution in [1.82, 2.24) is 9.78 Å². The van der Waals surface area contributed by atoms with Crippen LogP contribution in [0.1, 0.15) is 33.3 Å². The van der Waals surface area contributed by atoms with Gasteiger partial charge in [0.2, 0.25) is 0 Å². The second-order valence-electron chi connectivity index (χ2n) is 5.98. The molecule has 138 valence electrons. The highest BCUT2D eigenvalue weighted by molar-refractivity contribution is 6.34. The molecule has 0 aliphatic carbocycles. The molecule has 3 rings (SSSR count). The first-order chi connectivity index (χ1) is 13.0. The van der Waals surface area contributed by atoms with Gasteiger partial charge in [-0.2, -0.15) is 5.10 Å². The zero-order chi connectivity index (χ0) is 19.4. The molecular formula is C20H19ClN4O2. The average molecular weight is 383 g/mol. The minimum atomic E-state index is -0.370. The van der Waals surface area contributed by atoms with Crippen LogP contribution >= 0.6 is 11.6 Å². The van der Waals surface area contributed by atoms with Crippen LogP contribution in [0.15, 0.2) is 54.6 Å². The summed E-state index contributed by atoms with van der Waals surface area (Å²) < 4.78 is 1.43.